The molecule has 0 nitrogen and oxygen atoms in total. The third-order valence-electron chi connectivity index (χ3n) is 2.52. The standard InChI is InChI=1S/C13H12BrClS/c1-9-4-5-10(7-13(9)15)12(14)8-11-3-2-6-16-11/h2-7,12H,8H2,1H3. The Bertz CT molecular complexity index is 465. The van der Waals surface area contributed by atoms with Crippen molar-refractivity contribution in [1.82, 2.24) is 0 Å². The van der Waals surface area contributed by atoms with Gasteiger partial charge in [-0.05, 0) is 42.0 Å². The van der Waals surface area contributed by atoms with E-state index in [9.17, 15) is 0 Å². The number of alkyl halides is 1. The average molecular weight is 316 g/mol. The number of thiophene rings is 1. The molecule has 3 heteroatoms. The van der Waals surface area contributed by atoms with Crippen LogP contribution in [-0.2, 0) is 6.42 Å². The van der Waals surface area contributed by atoms with Crippen LogP contribution in [0.2, 0.25) is 5.02 Å². The Hall–Kier alpha value is -0.310. The van der Waals surface area contributed by atoms with E-state index < -0.39 is 0 Å². The van der Waals surface area contributed by atoms with E-state index in [-0.39, 0.29) is 0 Å². The predicted molar refractivity (Wildman–Crippen MR) is 75.9 cm³/mol. The maximum absolute atomic E-state index is 6.12. The van der Waals surface area contributed by atoms with Gasteiger partial charge in [-0.25, -0.2) is 0 Å². The first-order chi connectivity index (χ1) is 7.66. The van der Waals surface area contributed by atoms with Crippen molar-refractivity contribution >= 4 is 38.9 Å². The maximum Gasteiger partial charge on any atom is 0.0444 e. The molecule has 1 unspecified atom stereocenters. The van der Waals surface area contributed by atoms with Gasteiger partial charge in [-0.15, -0.1) is 11.3 Å². The van der Waals surface area contributed by atoms with Gasteiger partial charge in [0, 0.05) is 14.7 Å². The van der Waals surface area contributed by atoms with Crippen LogP contribution in [0.5, 0.6) is 0 Å². The molecule has 1 aromatic heterocycles. The van der Waals surface area contributed by atoms with E-state index >= 15 is 0 Å². The number of rotatable bonds is 3. The summed E-state index contributed by atoms with van der Waals surface area (Å²) in [5, 5.41) is 2.95. The predicted octanol–water partition coefficient (Wildman–Crippen LogP) is 5.39. The van der Waals surface area contributed by atoms with Gasteiger partial charge in [0.1, 0.15) is 0 Å². The van der Waals surface area contributed by atoms with Crippen molar-refractivity contribution in [3.63, 3.8) is 0 Å². The molecule has 0 aliphatic rings. The molecule has 16 heavy (non-hydrogen) atoms. The quantitative estimate of drug-likeness (QED) is 0.666. The summed E-state index contributed by atoms with van der Waals surface area (Å²) in [4.78, 5) is 1.72. The molecule has 2 rings (SSSR count). The molecule has 0 aliphatic heterocycles. The van der Waals surface area contributed by atoms with Crippen LogP contribution in [0.4, 0.5) is 0 Å². The Morgan fingerprint density at radius 1 is 1.38 bits per heavy atom. The minimum absolute atomic E-state index is 0.337. The molecule has 0 bridgehead atoms. The highest BCUT2D eigenvalue weighted by Crippen LogP contribution is 2.31. The maximum atomic E-state index is 6.12. The molecule has 0 amide bonds. The van der Waals surface area contributed by atoms with Gasteiger partial charge in [-0.3, -0.25) is 0 Å². The van der Waals surface area contributed by atoms with Gasteiger partial charge >= 0.3 is 0 Å². The van der Waals surface area contributed by atoms with Crippen LogP contribution in [0.3, 0.4) is 0 Å². The van der Waals surface area contributed by atoms with E-state index in [0.29, 0.717) is 4.83 Å². The topological polar surface area (TPSA) is 0 Å². The van der Waals surface area contributed by atoms with E-state index in [1.54, 1.807) is 11.3 Å². The molecule has 0 radical (unpaired) electrons. The Kier molecular flexibility index (Phi) is 4.06. The molecule has 0 saturated carbocycles. The molecule has 0 N–H and O–H groups in total. The smallest absolute Gasteiger partial charge is 0.0444 e. The highest BCUT2D eigenvalue weighted by molar-refractivity contribution is 9.09. The summed E-state index contributed by atoms with van der Waals surface area (Å²) in [6.07, 6.45) is 1.01. The zero-order valence-corrected chi connectivity index (χ0v) is 12.1. The first-order valence-electron chi connectivity index (χ1n) is 5.09. The van der Waals surface area contributed by atoms with Crippen molar-refractivity contribution in [3.8, 4) is 0 Å². The van der Waals surface area contributed by atoms with E-state index in [2.05, 4.69) is 45.6 Å². The van der Waals surface area contributed by atoms with Crippen molar-refractivity contribution in [3.05, 3.63) is 56.7 Å². The second-order valence-corrected chi connectivity index (χ2v) is 6.30. The van der Waals surface area contributed by atoms with Crippen LogP contribution >= 0.6 is 38.9 Å². The van der Waals surface area contributed by atoms with Crippen molar-refractivity contribution in [1.29, 1.82) is 0 Å². The number of hydrogen-bond donors (Lipinski definition) is 0. The minimum atomic E-state index is 0.337. The van der Waals surface area contributed by atoms with Crippen LogP contribution < -0.4 is 0 Å². The molecule has 1 heterocycles. The summed E-state index contributed by atoms with van der Waals surface area (Å²) < 4.78 is 0. The molecular weight excluding hydrogens is 304 g/mol. The van der Waals surface area contributed by atoms with Gasteiger partial charge < -0.3 is 0 Å². The molecule has 0 spiro atoms. The molecule has 84 valence electrons. The second kappa shape index (κ2) is 5.35. The fourth-order valence-corrected chi connectivity index (χ4v) is 3.32. The number of hydrogen-bond acceptors (Lipinski definition) is 1. The molecule has 1 atom stereocenters. The van der Waals surface area contributed by atoms with E-state index in [4.69, 9.17) is 11.6 Å². The summed E-state index contributed by atoms with van der Waals surface area (Å²) in [5.74, 6) is 0. The van der Waals surface area contributed by atoms with Crippen LogP contribution in [0.25, 0.3) is 0 Å². The molecule has 2 aromatic rings. The molecule has 0 saturated heterocycles. The Labute approximate surface area is 113 Å². The lowest BCUT2D eigenvalue weighted by Gasteiger charge is -2.10. The lowest BCUT2D eigenvalue weighted by Crippen LogP contribution is -1.94. The Morgan fingerprint density at radius 2 is 2.19 bits per heavy atom. The first kappa shape index (κ1) is 12.2. The SMILES string of the molecule is Cc1ccc(C(Br)Cc2cccs2)cc1Cl. The van der Waals surface area contributed by atoms with Crippen molar-refractivity contribution in [2.24, 2.45) is 0 Å². The van der Waals surface area contributed by atoms with Crippen LogP contribution in [0.1, 0.15) is 20.8 Å². The van der Waals surface area contributed by atoms with Gasteiger partial charge in [-0.2, -0.15) is 0 Å². The molecule has 0 fully saturated rings. The lowest BCUT2D eigenvalue weighted by molar-refractivity contribution is 0.968. The van der Waals surface area contributed by atoms with E-state index in [1.165, 1.54) is 10.4 Å². The van der Waals surface area contributed by atoms with Crippen molar-refractivity contribution in [2.45, 2.75) is 18.2 Å². The fourth-order valence-electron chi connectivity index (χ4n) is 1.53. The molecule has 1 aromatic carbocycles. The third-order valence-corrected chi connectivity index (χ3v) is 4.68. The van der Waals surface area contributed by atoms with Gasteiger partial charge in [0.05, 0.1) is 0 Å². The highest BCUT2D eigenvalue weighted by atomic mass is 79.9. The number of halogens is 2. The molecule has 0 aliphatic carbocycles. The van der Waals surface area contributed by atoms with Gasteiger partial charge in [0.2, 0.25) is 0 Å². The van der Waals surface area contributed by atoms with E-state index in [1.807, 2.05) is 13.0 Å². The van der Waals surface area contributed by atoms with Crippen LogP contribution in [0, 0.1) is 6.92 Å². The first-order valence-corrected chi connectivity index (χ1v) is 7.26. The highest BCUT2D eigenvalue weighted by Gasteiger charge is 2.10. The minimum Gasteiger partial charge on any atom is -0.149 e. The Morgan fingerprint density at radius 3 is 2.81 bits per heavy atom. The zero-order chi connectivity index (χ0) is 11.5. The Balaban J connectivity index is 2.14. The number of aryl methyl sites for hydroxylation is 1. The lowest BCUT2D eigenvalue weighted by atomic mass is 10.1. The summed E-state index contributed by atoms with van der Waals surface area (Å²) in [5.41, 5.74) is 2.37. The van der Waals surface area contributed by atoms with Crippen LogP contribution in [0.15, 0.2) is 35.7 Å². The summed E-state index contributed by atoms with van der Waals surface area (Å²) in [6, 6.07) is 10.5. The largest absolute Gasteiger partial charge is 0.149 e. The zero-order valence-electron chi connectivity index (χ0n) is 8.91. The summed E-state index contributed by atoms with van der Waals surface area (Å²) >= 11 is 11.6. The molecular formula is C13H12BrClS. The normalized spacial score (nSPS) is 12.7. The van der Waals surface area contributed by atoms with Crippen molar-refractivity contribution in [2.75, 3.05) is 0 Å². The number of benzene rings is 1. The summed E-state index contributed by atoms with van der Waals surface area (Å²) in [6.45, 7) is 2.02. The third kappa shape index (κ3) is 2.88. The monoisotopic (exact) mass is 314 g/mol. The van der Waals surface area contributed by atoms with Gasteiger partial charge in [0.25, 0.3) is 0 Å². The van der Waals surface area contributed by atoms with Crippen LogP contribution in [-0.4, -0.2) is 0 Å². The summed E-state index contributed by atoms with van der Waals surface area (Å²) in [7, 11) is 0. The fraction of sp³-hybridized carbons (Fsp3) is 0.231. The van der Waals surface area contributed by atoms with E-state index in [0.717, 1.165) is 17.0 Å². The van der Waals surface area contributed by atoms with Gasteiger partial charge in [0.15, 0.2) is 0 Å². The van der Waals surface area contributed by atoms with Crippen molar-refractivity contribution < 1.29 is 0 Å². The second-order valence-electron chi connectivity index (χ2n) is 3.76. The van der Waals surface area contributed by atoms with Gasteiger partial charge in [-0.1, -0.05) is 45.7 Å². The average Bonchev–Trinajstić information content (AvgIpc) is 2.74.